The third-order valence-corrected chi connectivity index (χ3v) is 6.19. The zero-order valence-corrected chi connectivity index (χ0v) is 9.74. The Morgan fingerprint density at radius 1 is 1.38 bits per heavy atom. The third-order valence-electron chi connectivity index (χ3n) is 1.93. The summed E-state index contributed by atoms with van der Waals surface area (Å²) in [6.07, 6.45) is 0. The second-order valence-electron chi connectivity index (χ2n) is 4.10. The van der Waals surface area contributed by atoms with Crippen LogP contribution in [0.25, 0.3) is 0 Å². The van der Waals surface area contributed by atoms with E-state index in [1.807, 2.05) is 6.07 Å². The summed E-state index contributed by atoms with van der Waals surface area (Å²) in [6.45, 7) is 4.43. The highest BCUT2D eigenvalue weighted by atomic mass is 35.5. The van der Waals surface area contributed by atoms with E-state index in [0.29, 0.717) is 0 Å². The average molecular weight is 217 g/mol. The van der Waals surface area contributed by atoms with Gasteiger partial charge in [0.05, 0.1) is 8.07 Å². The SMILES string of the molecule is C[Si](C)(CCl)Cc1cccc(F)c1. The molecule has 72 valence electrons. The van der Waals surface area contributed by atoms with Gasteiger partial charge < -0.3 is 0 Å². The van der Waals surface area contributed by atoms with Crippen molar-refractivity contribution >= 4 is 19.7 Å². The van der Waals surface area contributed by atoms with Crippen molar-refractivity contribution in [1.29, 1.82) is 0 Å². The topological polar surface area (TPSA) is 0 Å². The molecule has 0 heterocycles. The number of hydrogen-bond acceptors (Lipinski definition) is 0. The number of benzene rings is 1. The lowest BCUT2D eigenvalue weighted by atomic mass is 10.2. The van der Waals surface area contributed by atoms with Gasteiger partial charge in [0.25, 0.3) is 0 Å². The van der Waals surface area contributed by atoms with Gasteiger partial charge in [-0.15, -0.1) is 11.6 Å². The highest BCUT2D eigenvalue weighted by molar-refractivity contribution is 6.82. The Bertz CT molecular complexity index is 286. The van der Waals surface area contributed by atoms with Gasteiger partial charge in [-0.2, -0.15) is 0 Å². The molecule has 3 heteroatoms. The summed E-state index contributed by atoms with van der Waals surface area (Å²) < 4.78 is 12.8. The molecular weight excluding hydrogens is 203 g/mol. The molecule has 0 nitrogen and oxygen atoms in total. The van der Waals surface area contributed by atoms with E-state index in [1.165, 1.54) is 6.07 Å². The Labute approximate surface area is 84.7 Å². The molecule has 0 aliphatic carbocycles. The van der Waals surface area contributed by atoms with E-state index in [0.717, 1.165) is 17.1 Å². The maximum Gasteiger partial charge on any atom is 0.123 e. The lowest BCUT2D eigenvalue weighted by Crippen LogP contribution is -2.32. The summed E-state index contributed by atoms with van der Waals surface area (Å²) in [5, 5.41) is 0. The lowest BCUT2D eigenvalue weighted by Gasteiger charge is -2.18. The largest absolute Gasteiger partial charge is 0.207 e. The van der Waals surface area contributed by atoms with Crippen LogP contribution < -0.4 is 0 Å². The van der Waals surface area contributed by atoms with Crippen LogP contribution in [0.1, 0.15) is 5.56 Å². The standard InChI is InChI=1S/C10H14ClFSi/c1-13(2,8-11)7-9-4-3-5-10(12)6-9/h3-6H,7-8H2,1-2H3. The molecule has 1 aromatic rings. The zero-order chi connectivity index (χ0) is 9.90. The molecule has 0 bridgehead atoms. The molecule has 0 amide bonds. The molecular formula is C10H14ClFSi. The van der Waals surface area contributed by atoms with Gasteiger partial charge in [-0.25, -0.2) is 4.39 Å². The predicted octanol–water partition coefficient (Wildman–Crippen LogP) is 3.39. The summed E-state index contributed by atoms with van der Waals surface area (Å²) in [5.41, 5.74) is 1.79. The monoisotopic (exact) mass is 216 g/mol. The van der Waals surface area contributed by atoms with Crippen LogP contribution in [0.15, 0.2) is 24.3 Å². The fourth-order valence-corrected chi connectivity index (χ4v) is 2.95. The highest BCUT2D eigenvalue weighted by Crippen LogP contribution is 2.14. The fraction of sp³-hybridized carbons (Fsp3) is 0.400. The van der Waals surface area contributed by atoms with Gasteiger partial charge in [-0.05, 0) is 23.7 Å². The predicted molar refractivity (Wildman–Crippen MR) is 58.3 cm³/mol. The van der Waals surface area contributed by atoms with E-state index >= 15 is 0 Å². The molecule has 1 aromatic carbocycles. The minimum Gasteiger partial charge on any atom is -0.207 e. The molecule has 13 heavy (non-hydrogen) atoms. The van der Waals surface area contributed by atoms with Gasteiger partial charge in [0.2, 0.25) is 0 Å². The van der Waals surface area contributed by atoms with E-state index in [2.05, 4.69) is 13.1 Å². The van der Waals surface area contributed by atoms with Crippen molar-refractivity contribution in [3.05, 3.63) is 35.6 Å². The molecule has 0 radical (unpaired) electrons. The van der Waals surface area contributed by atoms with Gasteiger partial charge >= 0.3 is 0 Å². The molecule has 0 fully saturated rings. The van der Waals surface area contributed by atoms with Gasteiger partial charge in [-0.3, -0.25) is 0 Å². The van der Waals surface area contributed by atoms with Crippen molar-refractivity contribution in [2.24, 2.45) is 0 Å². The Morgan fingerprint density at radius 2 is 2.08 bits per heavy atom. The van der Waals surface area contributed by atoms with Crippen molar-refractivity contribution < 1.29 is 4.39 Å². The smallest absolute Gasteiger partial charge is 0.123 e. The molecule has 1 rings (SSSR count). The van der Waals surface area contributed by atoms with E-state index in [1.54, 1.807) is 12.1 Å². The van der Waals surface area contributed by atoms with Crippen molar-refractivity contribution in [3.63, 3.8) is 0 Å². The molecule has 0 aliphatic rings. The normalized spacial score (nSPS) is 11.7. The molecule has 0 aromatic heterocycles. The van der Waals surface area contributed by atoms with Crippen molar-refractivity contribution in [2.45, 2.75) is 19.1 Å². The average Bonchev–Trinajstić information content (AvgIpc) is 2.03. The van der Waals surface area contributed by atoms with Gasteiger partial charge in [0.1, 0.15) is 5.82 Å². The first-order valence-corrected chi connectivity index (χ1v) is 8.29. The van der Waals surface area contributed by atoms with Crippen molar-refractivity contribution in [2.75, 3.05) is 5.50 Å². The fourth-order valence-electron chi connectivity index (χ4n) is 1.25. The van der Waals surface area contributed by atoms with Crippen LogP contribution in [0.3, 0.4) is 0 Å². The van der Waals surface area contributed by atoms with Gasteiger partial charge in [0, 0.05) is 5.50 Å². The third kappa shape index (κ3) is 3.49. The number of alkyl halides is 1. The number of hydrogen-bond donors (Lipinski definition) is 0. The summed E-state index contributed by atoms with van der Waals surface area (Å²) in [6, 6.07) is 7.74. The molecule has 0 aliphatic heterocycles. The molecule has 0 spiro atoms. The summed E-state index contributed by atoms with van der Waals surface area (Å²) in [5.74, 6) is -0.156. The van der Waals surface area contributed by atoms with Gasteiger partial charge in [-0.1, -0.05) is 25.2 Å². The second kappa shape index (κ2) is 4.25. The Morgan fingerprint density at radius 3 is 2.62 bits per heavy atom. The Balaban J connectivity index is 2.74. The van der Waals surface area contributed by atoms with Crippen LogP contribution in [0.2, 0.25) is 13.1 Å². The molecule has 0 saturated heterocycles. The maximum absolute atomic E-state index is 12.8. The summed E-state index contributed by atoms with van der Waals surface area (Å²) in [4.78, 5) is 0. The highest BCUT2D eigenvalue weighted by Gasteiger charge is 2.19. The Hall–Kier alpha value is -0.343. The maximum atomic E-state index is 12.8. The van der Waals surface area contributed by atoms with Crippen LogP contribution in [0, 0.1) is 5.82 Å². The number of halogens is 2. The van der Waals surface area contributed by atoms with E-state index in [9.17, 15) is 4.39 Å². The molecule has 0 N–H and O–H groups in total. The zero-order valence-electron chi connectivity index (χ0n) is 7.98. The molecule has 0 saturated carbocycles. The first-order valence-electron chi connectivity index (χ1n) is 4.34. The summed E-state index contributed by atoms with van der Waals surface area (Å²) in [7, 11) is -1.34. The number of rotatable bonds is 3. The van der Waals surface area contributed by atoms with E-state index < -0.39 is 8.07 Å². The van der Waals surface area contributed by atoms with Crippen LogP contribution in [-0.4, -0.2) is 13.6 Å². The minimum atomic E-state index is -1.34. The van der Waals surface area contributed by atoms with Crippen molar-refractivity contribution in [1.82, 2.24) is 0 Å². The Kier molecular flexibility index (Phi) is 3.51. The summed E-state index contributed by atoms with van der Waals surface area (Å²) >= 11 is 5.85. The second-order valence-corrected chi connectivity index (χ2v) is 9.86. The van der Waals surface area contributed by atoms with Crippen molar-refractivity contribution in [3.8, 4) is 0 Å². The first-order chi connectivity index (χ1) is 6.03. The minimum absolute atomic E-state index is 0.156. The van der Waals surface area contributed by atoms with Crippen LogP contribution in [0.5, 0.6) is 0 Å². The van der Waals surface area contributed by atoms with Crippen LogP contribution in [-0.2, 0) is 6.04 Å². The van der Waals surface area contributed by atoms with E-state index in [-0.39, 0.29) is 5.82 Å². The van der Waals surface area contributed by atoms with E-state index in [4.69, 9.17) is 11.6 Å². The molecule has 0 unspecified atom stereocenters. The quantitative estimate of drug-likeness (QED) is 0.537. The van der Waals surface area contributed by atoms with Crippen LogP contribution >= 0.6 is 11.6 Å². The van der Waals surface area contributed by atoms with Gasteiger partial charge in [0.15, 0.2) is 0 Å². The van der Waals surface area contributed by atoms with Crippen LogP contribution in [0.4, 0.5) is 4.39 Å². The first kappa shape index (κ1) is 10.7. The lowest BCUT2D eigenvalue weighted by molar-refractivity contribution is 0.626. The molecule has 0 atom stereocenters.